The fourth-order valence-electron chi connectivity index (χ4n) is 3.41. The number of amides is 3. The van der Waals surface area contributed by atoms with Crippen molar-refractivity contribution in [3.05, 3.63) is 65.2 Å². The minimum absolute atomic E-state index is 0.135. The van der Waals surface area contributed by atoms with Crippen LogP contribution in [0.1, 0.15) is 16.7 Å². The van der Waals surface area contributed by atoms with Crippen molar-refractivity contribution in [2.45, 2.75) is 25.3 Å². The first-order valence-electron chi connectivity index (χ1n) is 10.2. The number of urea groups is 1. The van der Waals surface area contributed by atoms with E-state index in [1.54, 1.807) is 24.0 Å². The summed E-state index contributed by atoms with van der Waals surface area (Å²) in [6.07, 6.45) is 0. The van der Waals surface area contributed by atoms with E-state index in [-0.39, 0.29) is 38.6 Å². The van der Waals surface area contributed by atoms with Gasteiger partial charge in [0.2, 0.25) is 15.9 Å². The normalized spacial score (nSPS) is 14.8. The van der Waals surface area contributed by atoms with E-state index >= 15 is 0 Å². The van der Waals surface area contributed by atoms with Crippen LogP contribution in [0.15, 0.2) is 53.4 Å². The number of carbonyl (C=O) groups is 2. The topological polar surface area (TPSA) is 98.8 Å². The van der Waals surface area contributed by atoms with Gasteiger partial charge in [0.25, 0.3) is 0 Å². The number of benzene rings is 2. The van der Waals surface area contributed by atoms with Crippen LogP contribution in [0.25, 0.3) is 0 Å². The predicted molar refractivity (Wildman–Crippen MR) is 118 cm³/mol. The number of rotatable bonds is 6. The maximum Gasteiger partial charge on any atom is 0.315 e. The Bertz CT molecular complexity index is 1030. The Morgan fingerprint density at radius 1 is 0.935 bits per heavy atom. The summed E-state index contributed by atoms with van der Waals surface area (Å²) in [7, 11) is -3.61. The molecule has 0 bridgehead atoms. The van der Waals surface area contributed by atoms with Crippen LogP contribution in [0.4, 0.5) is 4.79 Å². The molecule has 3 rings (SSSR count). The summed E-state index contributed by atoms with van der Waals surface area (Å²) in [5.74, 6) is -0.237. The minimum Gasteiger partial charge on any atom is -0.339 e. The van der Waals surface area contributed by atoms with Gasteiger partial charge in [-0.15, -0.1) is 0 Å². The van der Waals surface area contributed by atoms with Gasteiger partial charge in [0.15, 0.2) is 0 Å². The van der Waals surface area contributed by atoms with Crippen LogP contribution in [0, 0.1) is 13.8 Å². The van der Waals surface area contributed by atoms with Crippen LogP contribution in [-0.4, -0.2) is 62.3 Å². The van der Waals surface area contributed by atoms with Gasteiger partial charge in [-0.05, 0) is 36.6 Å². The van der Waals surface area contributed by atoms with Crippen molar-refractivity contribution < 1.29 is 18.0 Å². The highest BCUT2D eigenvalue weighted by molar-refractivity contribution is 7.89. The van der Waals surface area contributed by atoms with Gasteiger partial charge in [-0.2, -0.15) is 4.31 Å². The van der Waals surface area contributed by atoms with Crippen molar-refractivity contribution in [2.75, 3.05) is 32.7 Å². The second kappa shape index (κ2) is 9.93. The van der Waals surface area contributed by atoms with Crippen LogP contribution in [0.3, 0.4) is 0 Å². The standard InChI is InChI=1S/C22H28N4O4S/c1-17-8-9-18(2)20(14-17)31(29,30)26-12-10-25(11-13-26)21(27)16-24-22(28)23-15-19-6-4-3-5-7-19/h3-9,14H,10-13,15-16H2,1-2H3,(H2,23,24,28). The maximum absolute atomic E-state index is 13.0. The van der Waals surface area contributed by atoms with Crippen molar-refractivity contribution in [2.24, 2.45) is 0 Å². The van der Waals surface area contributed by atoms with Crippen molar-refractivity contribution >= 4 is 22.0 Å². The summed E-state index contributed by atoms with van der Waals surface area (Å²) in [6.45, 7) is 4.90. The summed E-state index contributed by atoms with van der Waals surface area (Å²) in [4.78, 5) is 26.2. The van der Waals surface area contributed by atoms with Gasteiger partial charge in [0, 0.05) is 32.7 Å². The first kappa shape index (κ1) is 22.8. The molecule has 3 amide bonds. The van der Waals surface area contributed by atoms with Crippen LogP contribution in [-0.2, 0) is 21.4 Å². The highest BCUT2D eigenvalue weighted by Gasteiger charge is 2.31. The molecule has 1 aliphatic heterocycles. The molecule has 1 aliphatic rings. The summed E-state index contributed by atoms with van der Waals surface area (Å²) >= 11 is 0. The van der Waals surface area contributed by atoms with Gasteiger partial charge in [0.05, 0.1) is 11.4 Å². The Balaban J connectivity index is 1.47. The number of hydrogen-bond donors (Lipinski definition) is 2. The zero-order valence-electron chi connectivity index (χ0n) is 17.8. The molecule has 0 spiro atoms. The highest BCUT2D eigenvalue weighted by atomic mass is 32.2. The Morgan fingerprint density at radius 2 is 1.61 bits per heavy atom. The largest absolute Gasteiger partial charge is 0.339 e. The van der Waals surface area contributed by atoms with Gasteiger partial charge < -0.3 is 15.5 Å². The molecule has 0 radical (unpaired) electrons. The number of sulfonamides is 1. The Hall–Kier alpha value is -2.91. The molecule has 0 aromatic heterocycles. The summed E-state index contributed by atoms with van der Waals surface area (Å²) in [5, 5.41) is 5.26. The van der Waals surface area contributed by atoms with E-state index in [9.17, 15) is 18.0 Å². The highest BCUT2D eigenvalue weighted by Crippen LogP contribution is 2.22. The third kappa shape index (κ3) is 5.83. The zero-order chi connectivity index (χ0) is 22.4. The number of carbonyl (C=O) groups excluding carboxylic acids is 2. The van der Waals surface area contributed by atoms with E-state index in [2.05, 4.69) is 10.6 Å². The van der Waals surface area contributed by atoms with Crippen molar-refractivity contribution in [1.82, 2.24) is 19.8 Å². The lowest BCUT2D eigenvalue weighted by Gasteiger charge is -2.34. The number of piperazine rings is 1. The van der Waals surface area contributed by atoms with Crippen molar-refractivity contribution in [3.63, 3.8) is 0 Å². The van der Waals surface area contributed by atoms with Crippen LogP contribution in [0.2, 0.25) is 0 Å². The Kier molecular flexibility index (Phi) is 7.29. The van der Waals surface area contributed by atoms with Crippen LogP contribution in [0.5, 0.6) is 0 Å². The first-order valence-corrected chi connectivity index (χ1v) is 11.6. The summed E-state index contributed by atoms with van der Waals surface area (Å²) in [6, 6.07) is 14.4. The molecule has 0 aliphatic carbocycles. The SMILES string of the molecule is Cc1ccc(C)c(S(=O)(=O)N2CCN(C(=O)CNC(=O)NCc3ccccc3)CC2)c1. The van der Waals surface area contributed by atoms with Crippen molar-refractivity contribution in [1.29, 1.82) is 0 Å². The molecule has 8 nitrogen and oxygen atoms in total. The molecular weight excluding hydrogens is 416 g/mol. The third-order valence-electron chi connectivity index (χ3n) is 5.25. The predicted octanol–water partition coefficient (Wildman–Crippen LogP) is 1.64. The monoisotopic (exact) mass is 444 g/mol. The van der Waals surface area contributed by atoms with E-state index in [1.165, 1.54) is 4.31 Å². The molecule has 166 valence electrons. The quantitative estimate of drug-likeness (QED) is 0.708. The van der Waals surface area contributed by atoms with Gasteiger partial charge in [0.1, 0.15) is 0 Å². The number of nitrogens with zero attached hydrogens (tertiary/aromatic N) is 2. The minimum atomic E-state index is -3.61. The van der Waals surface area contributed by atoms with Crippen LogP contribution >= 0.6 is 0 Å². The number of aryl methyl sites for hydroxylation is 2. The summed E-state index contributed by atoms with van der Waals surface area (Å²) < 4.78 is 27.4. The molecule has 9 heteroatoms. The van der Waals surface area contributed by atoms with E-state index in [0.29, 0.717) is 17.0 Å². The zero-order valence-corrected chi connectivity index (χ0v) is 18.6. The van der Waals surface area contributed by atoms with Gasteiger partial charge in [-0.25, -0.2) is 13.2 Å². The van der Waals surface area contributed by atoms with Gasteiger partial charge >= 0.3 is 6.03 Å². The molecular formula is C22H28N4O4S. The Morgan fingerprint density at radius 3 is 2.29 bits per heavy atom. The molecule has 1 heterocycles. The molecule has 0 saturated carbocycles. The third-order valence-corrected chi connectivity index (χ3v) is 7.29. The second-order valence-corrected chi connectivity index (χ2v) is 9.48. The molecule has 0 atom stereocenters. The Labute approximate surface area is 183 Å². The lowest BCUT2D eigenvalue weighted by atomic mass is 10.2. The van der Waals surface area contributed by atoms with E-state index in [1.807, 2.05) is 43.3 Å². The molecule has 0 unspecified atom stereocenters. The van der Waals surface area contributed by atoms with Gasteiger partial charge in [-0.3, -0.25) is 4.79 Å². The average molecular weight is 445 g/mol. The molecule has 1 fully saturated rings. The fraction of sp³-hybridized carbons (Fsp3) is 0.364. The van der Waals surface area contributed by atoms with Crippen LogP contribution < -0.4 is 10.6 Å². The first-order chi connectivity index (χ1) is 14.8. The maximum atomic E-state index is 13.0. The molecule has 2 N–H and O–H groups in total. The van der Waals surface area contributed by atoms with Crippen molar-refractivity contribution in [3.8, 4) is 0 Å². The molecule has 31 heavy (non-hydrogen) atoms. The lowest BCUT2D eigenvalue weighted by molar-refractivity contribution is -0.131. The molecule has 2 aromatic carbocycles. The number of nitrogens with one attached hydrogen (secondary N) is 2. The fourth-order valence-corrected chi connectivity index (χ4v) is 5.14. The smallest absolute Gasteiger partial charge is 0.315 e. The van der Waals surface area contributed by atoms with E-state index < -0.39 is 16.1 Å². The average Bonchev–Trinajstić information content (AvgIpc) is 2.78. The second-order valence-electron chi connectivity index (χ2n) is 7.58. The van der Waals surface area contributed by atoms with E-state index in [0.717, 1.165) is 11.1 Å². The molecule has 1 saturated heterocycles. The number of hydrogen-bond acceptors (Lipinski definition) is 4. The van der Waals surface area contributed by atoms with E-state index in [4.69, 9.17) is 0 Å². The molecule has 2 aromatic rings. The summed E-state index contributed by atoms with van der Waals surface area (Å²) in [5.41, 5.74) is 2.55. The lowest BCUT2D eigenvalue weighted by Crippen LogP contribution is -2.53. The van der Waals surface area contributed by atoms with Gasteiger partial charge in [-0.1, -0.05) is 42.5 Å².